The van der Waals surface area contributed by atoms with Gasteiger partial charge < -0.3 is 15.0 Å². The molecule has 1 N–H and O–H groups in total. The Morgan fingerprint density at radius 3 is 1.92 bits per heavy atom. The lowest BCUT2D eigenvalue weighted by atomic mass is 9.96. The van der Waals surface area contributed by atoms with E-state index in [-0.39, 0.29) is 17.9 Å². The first kappa shape index (κ1) is 25.8. The fraction of sp³-hybridized carbons (Fsp3) is 0.310. The molecule has 36 heavy (non-hydrogen) atoms. The molecule has 1 fully saturated rings. The molecule has 0 saturated carbocycles. The Kier molecular flexibility index (Phi) is 9.03. The van der Waals surface area contributed by atoms with Crippen molar-refractivity contribution in [3.8, 4) is 5.75 Å². The van der Waals surface area contributed by atoms with Gasteiger partial charge in [-0.25, -0.2) is 0 Å². The number of hydrogen-bond donors (Lipinski definition) is 1. The van der Waals surface area contributed by atoms with Crippen molar-refractivity contribution in [2.45, 2.75) is 23.9 Å². The molecule has 0 bridgehead atoms. The molecule has 1 aliphatic heterocycles. The van der Waals surface area contributed by atoms with Crippen LogP contribution in [0.5, 0.6) is 5.75 Å². The Hall–Kier alpha value is -3.29. The van der Waals surface area contributed by atoms with Crippen LogP contribution in [0.25, 0.3) is 0 Å². The summed E-state index contributed by atoms with van der Waals surface area (Å²) in [5.41, 5.74) is 2.49. The van der Waals surface area contributed by atoms with Crippen molar-refractivity contribution in [2.24, 2.45) is 0 Å². The van der Waals surface area contributed by atoms with Crippen LogP contribution in [0, 0.1) is 0 Å². The Morgan fingerprint density at radius 2 is 1.42 bits per heavy atom. The first-order chi connectivity index (χ1) is 17.5. The number of benzene rings is 3. The van der Waals surface area contributed by atoms with E-state index in [9.17, 15) is 9.59 Å². The third-order valence-corrected chi connectivity index (χ3v) is 7.48. The van der Waals surface area contributed by atoms with E-state index in [0.29, 0.717) is 18.8 Å². The third kappa shape index (κ3) is 6.68. The van der Waals surface area contributed by atoms with Crippen LogP contribution in [0.1, 0.15) is 24.1 Å². The lowest BCUT2D eigenvalue weighted by Crippen LogP contribution is -2.56. The number of thioether (sulfide) groups is 1. The summed E-state index contributed by atoms with van der Waals surface area (Å²) in [4.78, 5) is 30.7. The molecule has 0 aromatic heterocycles. The van der Waals surface area contributed by atoms with Gasteiger partial charge in [0.05, 0.1) is 13.2 Å². The molecule has 1 heterocycles. The summed E-state index contributed by atoms with van der Waals surface area (Å²) in [6.45, 7) is 4.23. The number of carbonyl (C=O) groups excluding carboxylic acids is 2. The summed E-state index contributed by atoms with van der Waals surface area (Å²) < 4.78 is 5.22. The second-order valence-corrected chi connectivity index (χ2v) is 9.92. The van der Waals surface area contributed by atoms with Crippen LogP contribution in [0.15, 0.2) is 89.8 Å². The smallest absolute Gasteiger partial charge is 0.246 e. The zero-order chi connectivity index (χ0) is 25.3. The molecule has 1 saturated heterocycles. The highest BCUT2D eigenvalue weighted by atomic mass is 32.2. The summed E-state index contributed by atoms with van der Waals surface area (Å²) in [7, 11) is 1.63. The fourth-order valence-electron chi connectivity index (χ4n) is 4.58. The third-order valence-electron chi connectivity index (χ3n) is 6.37. The van der Waals surface area contributed by atoms with Gasteiger partial charge in [-0.3, -0.25) is 14.5 Å². The standard InChI is InChI=1S/C29H33N3O3S/c1-22(33)30-27(21-36-26-15-13-25(35-2)14-16-26)29(34)32-19-17-31(18-20-32)28(23-9-5-3-6-10-23)24-11-7-4-8-12-24/h3-16,27-28H,17-21H2,1-2H3,(H,30,33). The van der Waals surface area contributed by atoms with Gasteiger partial charge in [-0.1, -0.05) is 60.7 Å². The van der Waals surface area contributed by atoms with Crippen LogP contribution >= 0.6 is 11.8 Å². The predicted octanol–water partition coefficient (Wildman–Crippen LogP) is 4.23. The van der Waals surface area contributed by atoms with Crippen molar-refractivity contribution in [2.75, 3.05) is 39.0 Å². The van der Waals surface area contributed by atoms with E-state index >= 15 is 0 Å². The minimum atomic E-state index is -0.569. The van der Waals surface area contributed by atoms with E-state index in [2.05, 4.69) is 58.7 Å². The van der Waals surface area contributed by atoms with Gasteiger partial charge in [-0.05, 0) is 35.4 Å². The zero-order valence-electron chi connectivity index (χ0n) is 20.8. The van der Waals surface area contributed by atoms with Gasteiger partial charge in [0.1, 0.15) is 11.8 Å². The number of nitrogens with one attached hydrogen (secondary N) is 1. The number of nitrogens with zero attached hydrogens (tertiary/aromatic N) is 2. The molecule has 7 heteroatoms. The summed E-state index contributed by atoms with van der Waals surface area (Å²) in [6.07, 6.45) is 0. The topological polar surface area (TPSA) is 61.9 Å². The van der Waals surface area contributed by atoms with Gasteiger partial charge in [0.25, 0.3) is 0 Å². The highest BCUT2D eigenvalue weighted by molar-refractivity contribution is 7.99. The average Bonchev–Trinajstić information content (AvgIpc) is 2.92. The first-order valence-corrected chi connectivity index (χ1v) is 13.2. The Balaban J connectivity index is 1.41. The molecule has 1 aliphatic rings. The molecule has 0 spiro atoms. The van der Waals surface area contributed by atoms with Crippen molar-refractivity contribution in [3.63, 3.8) is 0 Å². The maximum Gasteiger partial charge on any atom is 0.246 e. The lowest BCUT2D eigenvalue weighted by Gasteiger charge is -2.40. The van der Waals surface area contributed by atoms with Gasteiger partial charge in [0, 0.05) is 43.8 Å². The minimum absolute atomic E-state index is 0.0261. The number of rotatable bonds is 9. The van der Waals surface area contributed by atoms with Gasteiger partial charge in [-0.2, -0.15) is 0 Å². The van der Waals surface area contributed by atoms with Crippen molar-refractivity contribution < 1.29 is 14.3 Å². The highest BCUT2D eigenvalue weighted by Crippen LogP contribution is 2.30. The van der Waals surface area contributed by atoms with Crippen LogP contribution < -0.4 is 10.1 Å². The summed E-state index contributed by atoms with van der Waals surface area (Å²) >= 11 is 1.55. The molecule has 1 atom stereocenters. The van der Waals surface area contributed by atoms with E-state index in [1.54, 1.807) is 18.9 Å². The average molecular weight is 504 g/mol. The van der Waals surface area contributed by atoms with Gasteiger partial charge in [-0.15, -0.1) is 11.8 Å². The van der Waals surface area contributed by atoms with E-state index in [1.807, 2.05) is 41.3 Å². The number of amides is 2. The van der Waals surface area contributed by atoms with Crippen LogP contribution in [-0.2, 0) is 9.59 Å². The highest BCUT2D eigenvalue weighted by Gasteiger charge is 2.31. The molecule has 1 unspecified atom stereocenters. The molecule has 6 nitrogen and oxygen atoms in total. The van der Waals surface area contributed by atoms with Crippen molar-refractivity contribution in [3.05, 3.63) is 96.1 Å². The van der Waals surface area contributed by atoms with Gasteiger partial charge in [0.15, 0.2) is 0 Å². The summed E-state index contributed by atoms with van der Waals surface area (Å²) in [6, 6.07) is 28.3. The van der Waals surface area contributed by atoms with Crippen LogP contribution in [0.3, 0.4) is 0 Å². The maximum absolute atomic E-state index is 13.4. The lowest BCUT2D eigenvalue weighted by molar-refractivity contribution is -0.137. The molecule has 188 valence electrons. The van der Waals surface area contributed by atoms with Crippen LogP contribution in [0.2, 0.25) is 0 Å². The maximum atomic E-state index is 13.4. The van der Waals surface area contributed by atoms with Crippen molar-refractivity contribution in [1.29, 1.82) is 0 Å². The van der Waals surface area contributed by atoms with Gasteiger partial charge in [0.2, 0.25) is 11.8 Å². The molecule has 0 radical (unpaired) electrons. The molecule has 4 rings (SSSR count). The second kappa shape index (κ2) is 12.6. The number of carbonyl (C=O) groups is 2. The van der Waals surface area contributed by atoms with E-state index < -0.39 is 6.04 Å². The number of piperazine rings is 1. The van der Waals surface area contributed by atoms with Crippen LogP contribution in [0.4, 0.5) is 0 Å². The number of hydrogen-bond acceptors (Lipinski definition) is 5. The molecular formula is C29H33N3O3S. The monoisotopic (exact) mass is 503 g/mol. The largest absolute Gasteiger partial charge is 0.497 e. The number of ether oxygens (including phenoxy) is 1. The molecule has 3 aromatic rings. The van der Waals surface area contributed by atoms with E-state index in [0.717, 1.165) is 23.7 Å². The molecule has 3 aromatic carbocycles. The normalized spacial score (nSPS) is 14.9. The molecule has 2 amide bonds. The summed E-state index contributed by atoms with van der Waals surface area (Å²) in [5, 5.41) is 2.87. The number of methoxy groups -OCH3 is 1. The van der Waals surface area contributed by atoms with E-state index in [1.165, 1.54) is 18.1 Å². The van der Waals surface area contributed by atoms with E-state index in [4.69, 9.17) is 4.74 Å². The Bertz CT molecular complexity index is 1080. The first-order valence-electron chi connectivity index (χ1n) is 12.2. The zero-order valence-corrected chi connectivity index (χ0v) is 21.6. The second-order valence-electron chi connectivity index (χ2n) is 8.82. The Morgan fingerprint density at radius 1 is 0.861 bits per heavy atom. The van der Waals surface area contributed by atoms with Crippen molar-refractivity contribution >= 4 is 23.6 Å². The van der Waals surface area contributed by atoms with Crippen molar-refractivity contribution in [1.82, 2.24) is 15.1 Å². The Labute approximate surface area is 217 Å². The summed E-state index contributed by atoms with van der Waals surface area (Å²) in [5.74, 6) is 1.04. The predicted molar refractivity (Wildman–Crippen MR) is 144 cm³/mol. The quantitative estimate of drug-likeness (QED) is 0.443. The molecule has 0 aliphatic carbocycles. The van der Waals surface area contributed by atoms with Gasteiger partial charge >= 0.3 is 0 Å². The SMILES string of the molecule is COc1ccc(SCC(NC(C)=O)C(=O)N2CCN(C(c3ccccc3)c3ccccc3)CC2)cc1. The van der Waals surface area contributed by atoms with Crippen LogP contribution in [-0.4, -0.2) is 66.7 Å². The fourth-order valence-corrected chi connectivity index (χ4v) is 5.49. The molecular weight excluding hydrogens is 470 g/mol. The minimum Gasteiger partial charge on any atom is -0.497 e.